The van der Waals surface area contributed by atoms with Gasteiger partial charge < -0.3 is 19.3 Å². The van der Waals surface area contributed by atoms with Crippen LogP contribution in [-0.2, 0) is 6.42 Å². The van der Waals surface area contributed by atoms with Crippen LogP contribution < -0.4 is 14.8 Å². The molecule has 3 heterocycles. The molecule has 2 atom stereocenters. The molecular formula is C18H23Cl2N3O3. The first-order chi connectivity index (χ1) is 12.2. The van der Waals surface area contributed by atoms with Crippen LogP contribution in [0.4, 0.5) is 0 Å². The largest absolute Gasteiger partial charge is 0.493 e. The van der Waals surface area contributed by atoms with Gasteiger partial charge in [-0.05, 0) is 43.7 Å². The third kappa shape index (κ3) is 3.77. The number of nitrogens with one attached hydrogen (secondary N) is 1. The molecule has 0 radical (unpaired) electrons. The summed E-state index contributed by atoms with van der Waals surface area (Å²) in [6.45, 7) is 0. The first-order valence-electron chi connectivity index (χ1n) is 8.66. The molecule has 6 nitrogen and oxygen atoms in total. The van der Waals surface area contributed by atoms with E-state index in [4.69, 9.17) is 25.6 Å². The van der Waals surface area contributed by atoms with Gasteiger partial charge in [-0.2, -0.15) is 4.98 Å². The number of rotatable bonds is 5. The molecule has 1 aromatic heterocycles. The molecule has 26 heavy (non-hydrogen) atoms. The molecule has 142 valence electrons. The first kappa shape index (κ1) is 19.3. The van der Waals surface area contributed by atoms with Gasteiger partial charge in [-0.25, -0.2) is 0 Å². The quantitative estimate of drug-likeness (QED) is 0.821. The van der Waals surface area contributed by atoms with Gasteiger partial charge in [0.2, 0.25) is 11.7 Å². The van der Waals surface area contributed by atoms with Crippen LogP contribution in [0, 0.1) is 5.92 Å². The minimum atomic E-state index is 0. The number of halogens is 2. The Morgan fingerprint density at radius 2 is 1.92 bits per heavy atom. The molecule has 2 aromatic rings. The van der Waals surface area contributed by atoms with E-state index in [0.29, 0.717) is 46.2 Å². The standard InChI is InChI=1S/C18H22ClN3O3.ClH/c1-23-15-9-11(8-14(19)17(15)24-2)18-21-16(25-22-18)7-10-5-12-3-4-13(6-10)20-12;/h8-10,12-13,20H,3-7H2,1-2H3;1H. The highest BCUT2D eigenvalue weighted by atomic mass is 35.5. The molecule has 2 aliphatic heterocycles. The van der Waals surface area contributed by atoms with Gasteiger partial charge in [0.15, 0.2) is 11.5 Å². The third-order valence-corrected chi connectivity index (χ3v) is 5.47. The van der Waals surface area contributed by atoms with Crippen molar-refractivity contribution < 1.29 is 14.0 Å². The summed E-state index contributed by atoms with van der Waals surface area (Å²) in [6, 6.07) is 4.90. The molecule has 0 amide bonds. The van der Waals surface area contributed by atoms with Crippen molar-refractivity contribution in [3.05, 3.63) is 23.0 Å². The summed E-state index contributed by atoms with van der Waals surface area (Å²) in [4.78, 5) is 4.56. The number of benzene rings is 1. The lowest BCUT2D eigenvalue weighted by Gasteiger charge is -2.27. The van der Waals surface area contributed by atoms with E-state index in [9.17, 15) is 0 Å². The molecule has 0 aliphatic carbocycles. The number of aromatic nitrogens is 2. The Hall–Kier alpha value is -1.50. The average molecular weight is 400 g/mol. The Kier molecular flexibility index (Phi) is 5.95. The number of nitrogens with zero attached hydrogens (tertiary/aromatic N) is 2. The van der Waals surface area contributed by atoms with Crippen molar-refractivity contribution in [1.29, 1.82) is 0 Å². The number of piperidine rings is 1. The Labute approximate surface area is 164 Å². The van der Waals surface area contributed by atoms with Gasteiger partial charge >= 0.3 is 0 Å². The summed E-state index contributed by atoms with van der Waals surface area (Å²) in [7, 11) is 3.13. The Balaban J connectivity index is 0.00000196. The van der Waals surface area contributed by atoms with Crippen molar-refractivity contribution in [2.75, 3.05) is 14.2 Å². The summed E-state index contributed by atoms with van der Waals surface area (Å²) in [5.41, 5.74) is 0.753. The highest BCUT2D eigenvalue weighted by Crippen LogP contribution is 2.39. The van der Waals surface area contributed by atoms with Gasteiger partial charge in [0, 0.05) is 24.1 Å². The summed E-state index contributed by atoms with van der Waals surface area (Å²) in [5.74, 6) is 2.87. The van der Waals surface area contributed by atoms with E-state index in [1.165, 1.54) is 25.7 Å². The van der Waals surface area contributed by atoms with Gasteiger partial charge in [-0.15, -0.1) is 12.4 Å². The smallest absolute Gasteiger partial charge is 0.227 e. The number of ether oxygens (including phenoxy) is 2. The van der Waals surface area contributed by atoms with Gasteiger partial charge in [0.1, 0.15) is 0 Å². The molecule has 2 aliphatic rings. The number of methoxy groups -OCH3 is 2. The lowest BCUT2D eigenvalue weighted by atomic mass is 9.90. The highest BCUT2D eigenvalue weighted by Gasteiger charge is 2.34. The molecule has 2 bridgehead atoms. The first-order valence-corrected chi connectivity index (χ1v) is 9.04. The van der Waals surface area contributed by atoms with Gasteiger partial charge in [0.25, 0.3) is 0 Å². The van der Waals surface area contributed by atoms with Crippen LogP contribution in [-0.4, -0.2) is 36.4 Å². The fourth-order valence-electron chi connectivity index (χ4n) is 4.09. The SMILES string of the molecule is COc1cc(-c2noc(CC3CC4CCC(C3)N4)n2)cc(Cl)c1OC.Cl. The number of hydrogen-bond donors (Lipinski definition) is 1. The second kappa shape index (κ2) is 8.03. The van der Waals surface area contributed by atoms with E-state index in [0.717, 1.165) is 12.0 Å². The van der Waals surface area contributed by atoms with E-state index >= 15 is 0 Å². The fourth-order valence-corrected chi connectivity index (χ4v) is 4.38. The predicted octanol–water partition coefficient (Wildman–Crippen LogP) is 3.90. The molecular weight excluding hydrogens is 377 g/mol. The minimum Gasteiger partial charge on any atom is -0.493 e. The van der Waals surface area contributed by atoms with Crippen molar-refractivity contribution >= 4 is 24.0 Å². The Morgan fingerprint density at radius 1 is 1.19 bits per heavy atom. The zero-order chi connectivity index (χ0) is 17.4. The third-order valence-electron chi connectivity index (χ3n) is 5.19. The van der Waals surface area contributed by atoms with Gasteiger partial charge in [-0.3, -0.25) is 0 Å². The maximum atomic E-state index is 6.27. The molecule has 2 fully saturated rings. The summed E-state index contributed by atoms with van der Waals surface area (Å²) in [5, 5.41) is 8.24. The maximum Gasteiger partial charge on any atom is 0.227 e. The fraction of sp³-hybridized carbons (Fsp3) is 0.556. The predicted molar refractivity (Wildman–Crippen MR) is 101 cm³/mol. The summed E-state index contributed by atoms with van der Waals surface area (Å²) < 4.78 is 16.1. The molecule has 4 rings (SSSR count). The number of fused-ring (bicyclic) bond motifs is 2. The zero-order valence-corrected chi connectivity index (χ0v) is 16.4. The van der Waals surface area contributed by atoms with Crippen LogP contribution in [0.3, 0.4) is 0 Å². The van der Waals surface area contributed by atoms with Gasteiger partial charge in [0.05, 0.1) is 19.2 Å². The summed E-state index contributed by atoms with van der Waals surface area (Å²) in [6.07, 6.45) is 5.80. The van der Waals surface area contributed by atoms with Crippen LogP contribution in [0.2, 0.25) is 5.02 Å². The van der Waals surface area contributed by atoms with Crippen molar-refractivity contribution in [3.63, 3.8) is 0 Å². The van der Waals surface area contributed by atoms with Crippen molar-refractivity contribution in [2.45, 2.75) is 44.2 Å². The Bertz CT molecular complexity index is 756. The van der Waals surface area contributed by atoms with E-state index in [2.05, 4.69) is 15.5 Å². The monoisotopic (exact) mass is 399 g/mol. The number of hydrogen-bond acceptors (Lipinski definition) is 6. The molecule has 2 unspecified atom stereocenters. The van der Waals surface area contributed by atoms with Crippen LogP contribution in [0.1, 0.15) is 31.6 Å². The lowest BCUT2D eigenvalue weighted by Crippen LogP contribution is -2.38. The van der Waals surface area contributed by atoms with E-state index in [-0.39, 0.29) is 12.4 Å². The Morgan fingerprint density at radius 3 is 2.58 bits per heavy atom. The van der Waals surface area contributed by atoms with Crippen LogP contribution in [0.25, 0.3) is 11.4 Å². The van der Waals surface area contributed by atoms with E-state index in [1.54, 1.807) is 20.3 Å². The lowest BCUT2D eigenvalue weighted by molar-refractivity contribution is 0.270. The van der Waals surface area contributed by atoms with Crippen LogP contribution >= 0.6 is 24.0 Å². The van der Waals surface area contributed by atoms with Crippen molar-refractivity contribution in [3.8, 4) is 22.9 Å². The van der Waals surface area contributed by atoms with E-state index < -0.39 is 0 Å². The molecule has 1 N–H and O–H groups in total. The molecule has 1 aromatic carbocycles. The second-order valence-corrected chi connectivity index (χ2v) is 7.29. The topological polar surface area (TPSA) is 69.4 Å². The average Bonchev–Trinajstić information content (AvgIpc) is 3.20. The van der Waals surface area contributed by atoms with Crippen LogP contribution in [0.5, 0.6) is 11.5 Å². The second-order valence-electron chi connectivity index (χ2n) is 6.88. The van der Waals surface area contributed by atoms with E-state index in [1.807, 2.05) is 6.07 Å². The molecule has 0 saturated carbocycles. The maximum absolute atomic E-state index is 6.27. The van der Waals surface area contributed by atoms with Crippen LogP contribution in [0.15, 0.2) is 16.7 Å². The zero-order valence-electron chi connectivity index (χ0n) is 14.8. The van der Waals surface area contributed by atoms with Gasteiger partial charge in [-0.1, -0.05) is 16.8 Å². The molecule has 0 spiro atoms. The highest BCUT2D eigenvalue weighted by molar-refractivity contribution is 6.32. The van der Waals surface area contributed by atoms with Crippen molar-refractivity contribution in [2.24, 2.45) is 5.92 Å². The molecule has 8 heteroatoms. The summed E-state index contributed by atoms with van der Waals surface area (Å²) >= 11 is 6.27. The molecule has 2 saturated heterocycles. The van der Waals surface area contributed by atoms with Crippen molar-refractivity contribution in [1.82, 2.24) is 15.5 Å². The normalized spacial score (nSPS) is 24.2. The minimum absolute atomic E-state index is 0.